The monoisotopic (exact) mass is 467 g/mol. The largest absolute Gasteiger partial charge is 0.490 e. The molecule has 1 aromatic rings. The number of rotatable bonds is 9. The summed E-state index contributed by atoms with van der Waals surface area (Å²) in [6, 6.07) is 7.97. The Morgan fingerprint density at radius 1 is 1.24 bits per heavy atom. The molecule has 0 fully saturated rings. The van der Waals surface area contributed by atoms with Crippen molar-refractivity contribution >= 4 is 5.78 Å². The van der Waals surface area contributed by atoms with Crippen LogP contribution in [0.5, 0.6) is 11.5 Å². The molecule has 7 nitrogen and oxygen atoms in total. The second-order valence-corrected chi connectivity index (χ2v) is 10.1. The van der Waals surface area contributed by atoms with Gasteiger partial charge >= 0.3 is 0 Å². The van der Waals surface area contributed by atoms with E-state index in [1.54, 1.807) is 7.11 Å². The molecular weight excluding hydrogens is 430 g/mol. The predicted molar refractivity (Wildman–Crippen MR) is 131 cm³/mol. The van der Waals surface area contributed by atoms with Crippen LogP contribution in [0.2, 0.25) is 0 Å². The first kappa shape index (κ1) is 25.6. The third kappa shape index (κ3) is 5.23. The van der Waals surface area contributed by atoms with Crippen LogP contribution in [0, 0.1) is 22.7 Å². The zero-order valence-electron chi connectivity index (χ0n) is 21.2. The first-order valence-electron chi connectivity index (χ1n) is 12.0. The van der Waals surface area contributed by atoms with Gasteiger partial charge in [0.15, 0.2) is 17.3 Å². The summed E-state index contributed by atoms with van der Waals surface area (Å²) in [4.78, 5) is 15.4. The number of nitrogens with zero attached hydrogens (tertiary/aromatic N) is 2. The maximum atomic E-state index is 13.5. The molecule has 0 saturated heterocycles. The van der Waals surface area contributed by atoms with Crippen LogP contribution in [0.4, 0.5) is 0 Å². The predicted octanol–water partition coefficient (Wildman–Crippen LogP) is 4.50. The quantitative estimate of drug-likeness (QED) is 0.571. The Morgan fingerprint density at radius 3 is 2.59 bits per heavy atom. The van der Waals surface area contributed by atoms with Crippen molar-refractivity contribution in [2.75, 3.05) is 33.5 Å². The molecule has 0 amide bonds. The van der Waals surface area contributed by atoms with E-state index < -0.39 is 5.92 Å². The SMILES string of the molecule is CCOc1cc([C@@H]2C(C#N)=C(N)N(CCOC)C3=C2C(=O)CC(C)(C)C3)ccc1OCC(C)C. The van der Waals surface area contributed by atoms with Gasteiger partial charge in [-0.05, 0) is 42.4 Å². The summed E-state index contributed by atoms with van der Waals surface area (Å²) in [5.41, 5.74) is 9.10. The molecule has 0 unspecified atom stereocenters. The molecule has 1 aliphatic carbocycles. The van der Waals surface area contributed by atoms with Crippen LogP contribution in [-0.2, 0) is 9.53 Å². The molecule has 0 aromatic heterocycles. The molecule has 0 radical (unpaired) electrons. The van der Waals surface area contributed by atoms with Crippen LogP contribution in [-0.4, -0.2) is 44.2 Å². The molecule has 2 N–H and O–H groups in total. The number of hydrogen-bond acceptors (Lipinski definition) is 7. The fourth-order valence-electron chi connectivity index (χ4n) is 4.69. The third-order valence-electron chi connectivity index (χ3n) is 6.18. The number of carbonyl (C=O) groups excluding carboxylic acids is 1. The molecule has 3 rings (SSSR count). The number of benzene rings is 1. The van der Waals surface area contributed by atoms with E-state index in [-0.39, 0.29) is 11.2 Å². The van der Waals surface area contributed by atoms with Crippen LogP contribution in [0.15, 0.2) is 40.9 Å². The van der Waals surface area contributed by atoms with E-state index in [0.29, 0.717) is 73.6 Å². The van der Waals surface area contributed by atoms with Gasteiger partial charge in [-0.3, -0.25) is 4.79 Å². The van der Waals surface area contributed by atoms with Crippen LogP contribution in [0.3, 0.4) is 0 Å². The summed E-state index contributed by atoms with van der Waals surface area (Å²) in [5.74, 6) is 1.51. The summed E-state index contributed by atoms with van der Waals surface area (Å²) in [7, 11) is 1.63. The Labute approximate surface area is 203 Å². The molecule has 0 spiro atoms. The number of Topliss-reactive ketones (excluding diaryl/α,β-unsaturated/α-hetero) is 1. The van der Waals surface area contributed by atoms with Crippen molar-refractivity contribution in [3.05, 3.63) is 46.4 Å². The first-order valence-corrected chi connectivity index (χ1v) is 12.0. The van der Waals surface area contributed by atoms with Crippen molar-refractivity contribution in [2.24, 2.45) is 17.1 Å². The van der Waals surface area contributed by atoms with Gasteiger partial charge in [0.2, 0.25) is 0 Å². The topological polar surface area (TPSA) is 97.8 Å². The van der Waals surface area contributed by atoms with Crippen molar-refractivity contribution < 1.29 is 19.0 Å². The fourth-order valence-corrected chi connectivity index (χ4v) is 4.69. The number of ketones is 1. The van der Waals surface area contributed by atoms with Gasteiger partial charge in [0.05, 0.1) is 37.4 Å². The molecule has 0 bridgehead atoms. The summed E-state index contributed by atoms with van der Waals surface area (Å²) >= 11 is 0. The van der Waals surface area contributed by atoms with Crippen molar-refractivity contribution in [3.8, 4) is 17.6 Å². The molecule has 1 aromatic carbocycles. The van der Waals surface area contributed by atoms with E-state index in [1.807, 2.05) is 30.0 Å². The summed E-state index contributed by atoms with van der Waals surface area (Å²) < 4.78 is 17.1. The van der Waals surface area contributed by atoms with Crippen LogP contribution in [0.1, 0.15) is 58.9 Å². The van der Waals surface area contributed by atoms with E-state index in [9.17, 15) is 10.1 Å². The number of allylic oxidation sites excluding steroid dienone is 3. The number of methoxy groups -OCH3 is 1. The highest BCUT2D eigenvalue weighted by molar-refractivity contribution is 6.00. The number of nitriles is 1. The number of carbonyl (C=O) groups is 1. The molecular formula is C27H37N3O4. The minimum Gasteiger partial charge on any atom is -0.490 e. The molecule has 184 valence electrons. The van der Waals surface area contributed by atoms with Gasteiger partial charge in [-0.15, -0.1) is 0 Å². The Hall–Kier alpha value is -2.98. The highest BCUT2D eigenvalue weighted by Gasteiger charge is 2.44. The van der Waals surface area contributed by atoms with Crippen LogP contribution < -0.4 is 15.2 Å². The van der Waals surface area contributed by atoms with Crippen LogP contribution >= 0.6 is 0 Å². The zero-order chi connectivity index (χ0) is 25.0. The lowest BCUT2D eigenvalue weighted by Gasteiger charge is -2.43. The minimum absolute atomic E-state index is 0.0528. The van der Waals surface area contributed by atoms with Crippen molar-refractivity contribution in [1.82, 2.24) is 4.90 Å². The first-order chi connectivity index (χ1) is 16.1. The lowest BCUT2D eigenvalue weighted by molar-refractivity contribution is -0.118. The van der Waals surface area contributed by atoms with Gasteiger partial charge in [-0.2, -0.15) is 5.26 Å². The average Bonchev–Trinajstić information content (AvgIpc) is 2.76. The zero-order valence-corrected chi connectivity index (χ0v) is 21.2. The minimum atomic E-state index is -0.541. The Morgan fingerprint density at radius 2 is 1.97 bits per heavy atom. The lowest BCUT2D eigenvalue weighted by atomic mass is 9.68. The highest BCUT2D eigenvalue weighted by Crippen LogP contribution is 2.49. The Bertz CT molecular complexity index is 1030. The van der Waals surface area contributed by atoms with E-state index in [2.05, 4.69) is 33.8 Å². The smallest absolute Gasteiger partial charge is 0.162 e. The van der Waals surface area contributed by atoms with Gasteiger partial charge in [0.1, 0.15) is 5.82 Å². The molecule has 2 aliphatic rings. The summed E-state index contributed by atoms with van der Waals surface area (Å²) in [6.07, 6.45) is 1.12. The highest BCUT2D eigenvalue weighted by atomic mass is 16.5. The van der Waals surface area contributed by atoms with Crippen LogP contribution in [0.25, 0.3) is 0 Å². The number of ether oxygens (including phenoxy) is 3. The van der Waals surface area contributed by atoms with Gasteiger partial charge in [0.25, 0.3) is 0 Å². The van der Waals surface area contributed by atoms with Crippen molar-refractivity contribution in [3.63, 3.8) is 0 Å². The van der Waals surface area contributed by atoms with Gasteiger partial charge in [-0.25, -0.2) is 0 Å². The fraction of sp³-hybridized carbons (Fsp3) is 0.556. The van der Waals surface area contributed by atoms with Gasteiger partial charge in [-0.1, -0.05) is 33.8 Å². The Kier molecular flexibility index (Phi) is 7.93. The third-order valence-corrected chi connectivity index (χ3v) is 6.18. The molecule has 34 heavy (non-hydrogen) atoms. The van der Waals surface area contributed by atoms with Gasteiger partial charge < -0.3 is 24.8 Å². The maximum Gasteiger partial charge on any atom is 0.162 e. The molecule has 1 aliphatic heterocycles. The molecule has 1 atom stereocenters. The second kappa shape index (κ2) is 10.5. The van der Waals surface area contributed by atoms with E-state index >= 15 is 0 Å². The number of nitrogens with two attached hydrogens (primary N) is 1. The Balaban J connectivity index is 2.16. The molecule has 0 saturated carbocycles. The standard InChI is InChI=1S/C27H37N3O4/c1-7-33-23-12-18(8-9-22(23)34-16-17(2)3)24-19(15-28)26(29)30(10-11-32-6)20-13-27(4,5)14-21(31)25(20)24/h8-9,12,17,24H,7,10-11,13-14,16,29H2,1-6H3/t24-/m1/s1. The van der Waals surface area contributed by atoms with Gasteiger partial charge in [0, 0.05) is 31.3 Å². The van der Waals surface area contributed by atoms with Crippen molar-refractivity contribution in [1.29, 1.82) is 5.26 Å². The summed E-state index contributed by atoms with van der Waals surface area (Å²) in [5, 5.41) is 10.2. The average molecular weight is 468 g/mol. The summed E-state index contributed by atoms with van der Waals surface area (Å²) in [6.45, 7) is 12.2. The maximum absolute atomic E-state index is 13.5. The van der Waals surface area contributed by atoms with Crippen molar-refractivity contribution in [2.45, 2.75) is 53.4 Å². The van der Waals surface area contributed by atoms with E-state index in [1.165, 1.54) is 0 Å². The normalized spacial score (nSPS) is 19.9. The van der Waals surface area contributed by atoms with E-state index in [0.717, 1.165) is 11.3 Å². The van der Waals surface area contributed by atoms with E-state index in [4.69, 9.17) is 19.9 Å². The lowest BCUT2D eigenvalue weighted by Crippen LogP contribution is -2.43. The molecule has 7 heteroatoms. The number of hydrogen-bond donors (Lipinski definition) is 1. The second-order valence-electron chi connectivity index (χ2n) is 10.1. The molecule has 1 heterocycles.